The van der Waals surface area contributed by atoms with Crippen molar-refractivity contribution >= 4 is 35.0 Å². The van der Waals surface area contributed by atoms with E-state index in [0.29, 0.717) is 34.4 Å². The number of fused-ring (bicyclic) bond motifs is 4. The summed E-state index contributed by atoms with van der Waals surface area (Å²) in [5.74, 6) is -1.42. The Morgan fingerprint density at radius 3 is 1.12 bits per heavy atom. The predicted octanol–water partition coefficient (Wildman–Crippen LogP) is 5.98. The second kappa shape index (κ2) is 9.14. The lowest BCUT2D eigenvalue weighted by Crippen LogP contribution is -2.65. The number of ether oxygens (including phenoxy) is 2. The number of rotatable bonds is 6. The molecule has 0 N–H and O–H groups in total. The molecule has 4 aromatic carbocycles. The molecule has 7 rings (SSSR count). The normalized spacial score (nSPS) is 26.1. The molecule has 4 aromatic rings. The molecule has 208 valence electrons. The molecule has 3 fully saturated rings. The van der Waals surface area contributed by atoms with Crippen molar-refractivity contribution < 1.29 is 28.7 Å². The molecule has 8 nitrogen and oxygen atoms in total. The second-order valence-electron chi connectivity index (χ2n) is 11.2. The molecule has 0 unspecified atom stereocenters. The molecule has 0 radical (unpaired) electrons. The highest BCUT2D eigenvalue weighted by Gasteiger charge is 2.85. The van der Waals surface area contributed by atoms with E-state index in [1.807, 2.05) is 60.7 Å². The van der Waals surface area contributed by atoms with Gasteiger partial charge in [0.15, 0.2) is 0 Å². The van der Waals surface area contributed by atoms with Crippen LogP contribution >= 0.6 is 0 Å². The van der Waals surface area contributed by atoms with Crippen LogP contribution in [0.1, 0.15) is 13.8 Å². The van der Waals surface area contributed by atoms with Crippen LogP contribution in [0.15, 0.2) is 109 Å². The fraction of sp³-hybridized carbons (Fsp3) is 0.176. The van der Waals surface area contributed by atoms with Gasteiger partial charge in [0.1, 0.15) is 23.0 Å². The summed E-state index contributed by atoms with van der Waals surface area (Å²) in [6.07, 6.45) is 0. The second-order valence-corrected chi connectivity index (χ2v) is 11.2. The zero-order chi connectivity index (χ0) is 29.2. The molecule has 2 saturated heterocycles. The zero-order valence-corrected chi connectivity index (χ0v) is 22.9. The predicted molar refractivity (Wildman–Crippen MR) is 154 cm³/mol. The van der Waals surface area contributed by atoms with Crippen molar-refractivity contribution in [2.45, 2.75) is 13.8 Å². The monoisotopic (exact) mass is 558 g/mol. The van der Waals surface area contributed by atoms with Crippen LogP contribution in [0.2, 0.25) is 0 Å². The number of nitrogens with zero attached hydrogens (tertiary/aromatic N) is 2. The molecule has 1 aliphatic carbocycles. The van der Waals surface area contributed by atoms with Gasteiger partial charge in [-0.15, -0.1) is 0 Å². The van der Waals surface area contributed by atoms with Crippen molar-refractivity contribution in [3.8, 4) is 23.0 Å². The standard InChI is InChI=1S/C34H26N2O6/c1-33-27(29(37)35(31(33)39)21-13-17-25(18-14-21)41-23-9-5-3-6-10-23)34(2)28(33)30(38)36(32(34)40)22-15-19-26(20-16-22)42-24-11-7-4-8-12-24/h3-20,27-28H,1-2H3. The zero-order valence-electron chi connectivity index (χ0n) is 22.9. The minimum absolute atomic E-state index is 0.369. The molecule has 1 saturated carbocycles. The maximum atomic E-state index is 13.8. The minimum Gasteiger partial charge on any atom is -0.457 e. The number of carbonyl (C=O) groups is 4. The summed E-state index contributed by atoms with van der Waals surface area (Å²) in [5.41, 5.74) is -1.92. The van der Waals surface area contributed by atoms with E-state index in [4.69, 9.17) is 9.47 Å². The maximum Gasteiger partial charge on any atom is 0.241 e. The van der Waals surface area contributed by atoms with Gasteiger partial charge >= 0.3 is 0 Å². The number of carbonyl (C=O) groups excluding carboxylic acids is 4. The molecule has 2 heterocycles. The van der Waals surface area contributed by atoms with Crippen LogP contribution in [0.4, 0.5) is 11.4 Å². The van der Waals surface area contributed by atoms with Crippen LogP contribution in [0.5, 0.6) is 23.0 Å². The van der Waals surface area contributed by atoms with Crippen LogP contribution < -0.4 is 19.3 Å². The molecule has 0 atom stereocenters. The van der Waals surface area contributed by atoms with Crippen molar-refractivity contribution in [3.63, 3.8) is 0 Å². The van der Waals surface area contributed by atoms with E-state index >= 15 is 0 Å². The number of anilines is 2. The summed E-state index contributed by atoms with van der Waals surface area (Å²) in [5, 5.41) is 0. The van der Waals surface area contributed by atoms with Gasteiger partial charge in [-0.1, -0.05) is 36.4 Å². The Morgan fingerprint density at radius 1 is 0.476 bits per heavy atom. The molecule has 4 amide bonds. The number of amides is 4. The number of imide groups is 2. The van der Waals surface area contributed by atoms with E-state index in [-0.39, 0.29) is 0 Å². The van der Waals surface area contributed by atoms with Gasteiger partial charge in [0.05, 0.1) is 34.0 Å². The van der Waals surface area contributed by atoms with Gasteiger partial charge in [0.25, 0.3) is 0 Å². The molecule has 0 aromatic heterocycles. The largest absolute Gasteiger partial charge is 0.457 e. The average Bonchev–Trinajstić information content (AvgIpc) is 3.28. The Kier molecular flexibility index (Phi) is 5.59. The van der Waals surface area contributed by atoms with Crippen molar-refractivity contribution in [1.82, 2.24) is 0 Å². The Bertz CT molecular complexity index is 1600. The van der Waals surface area contributed by atoms with Crippen molar-refractivity contribution in [2.75, 3.05) is 9.80 Å². The first-order valence-corrected chi connectivity index (χ1v) is 13.7. The number of hydrogen-bond donors (Lipinski definition) is 0. The van der Waals surface area contributed by atoms with E-state index < -0.39 is 46.3 Å². The minimum atomic E-state index is -1.33. The topological polar surface area (TPSA) is 93.2 Å². The van der Waals surface area contributed by atoms with Gasteiger partial charge in [0, 0.05) is 0 Å². The summed E-state index contributed by atoms with van der Waals surface area (Å²) in [6, 6.07) is 31.8. The van der Waals surface area contributed by atoms with Gasteiger partial charge < -0.3 is 9.47 Å². The highest BCUT2D eigenvalue weighted by Crippen LogP contribution is 2.71. The highest BCUT2D eigenvalue weighted by molar-refractivity contribution is 6.34. The number of hydrogen-bond acceptors (Lipinski definition) is 6. The average molecular weight is 559 g/mol. The third-order valence-corrected chi connectivity index (χ3v) is 8.81. The fourth-order valence-corrected chi connectivity index (χ4v) is 7.01. The molecular weight excluding hydrogens is 532 g/mol. The summed E-state index contributed by atoms with van der Waals surface area (Å²) in [6.45, 7) is 3.26. The SMILES string of the molecule is CC12C(=O)N(c3ccc(Oc4ccccc4)cc3)C(=O)C1C1(C)C(=O)N(c3ccc(Oc4ccccc4)cc3)C(=O)C21. The molecule has 3 aliphatic rings. The highest BCUT2D eigenvalue weighted by atomic mass is 16.5. The van der Waals surface area contributed by atoms with E-state index in [1.165, 1.54) is 0 Å². The maximum absolute atomic E-state index is 13.8. The molecule has 8 heteroatoms. The van der Waals surface area contributed by atoms with Crippen molar-refractivity contribution in [2.24, 2.45) is 22.7 Å². The van der Waals surface area contributed by atoms with Crippen LogP contribution in [0.25, 0.3) is 0 Å². The third kappa shape index (κ3) is 3.48. The molecular formula is C34H26N2O6. The number of para-hydroxylation sites is 2. The van der Waals surface area contributed by atoms with Crippen LogP contribution in [-0.4, -0.2) is 23.6 Å². The van der Waals surface area contributed by atoms with Gasteiger partial charge in [-0.3, -0.25) is 19.2 Å². The number of benzene rings is 4. The van der Waals surface area contributed by atoms with E-state index in [9.17, 15) is 19.2 Å². The molecule has 42 heavy (non-hydrogen) atoms. The fourth-order valence-electron chi connectivity index (χ4n) is 7.01. The summed E-state index contributed by atoms with van der Waals surface area (Å²) >= 11 is 0. The Labute approximate surface area is 242 Å². The molecule has 2 aliphatic heterocycles. The first kappa shape index (κ1) is 25.7. The lowest BCUT2D eigenvalue weighted by atomic mass is 9.41. The van der Waals surface area contributed by atoms with Gasteiger partial charge in [-0.05, 0) is 86.6 Å². The van der Waals surface area contributed by atoms with E-state index in [0.717, 1.165) is 9.80 Å². The van der Waals surface area contributed by atoms with Crippen LogP contribution in [0, 0.1) is 22.7 Å². The van der Waals surface area contributed by atoms with E-state index in [1.54, 1.807) is 62.4 Å². The van der Waals surface area contributed by atoms with Crippen molar-refractivity contribution in [3.05, 3.63) is 109 Å². The first-order valence-electron chi connectivity index (χ1n) is 13.7. The van der Waals surface area contributed by atoms with Gasteiger partial charge in [-0.25, -0.2) is 9.80 Å². The van der Waals surface area contributed by atoms with Crippen molar-refractivity contribution in [1.29, 1.82) is 0 Å². The van der Waals surface area contributed by atoms with Gasteiger partial charge in [-0.2, -0.15) is 0 Å². The lowest BCUT2D eigenvalue weighted by Gasteiger charge is -2.53. The van der Waals surface area contributed by atoms with Crippen LogP contribution in [-0.2, 0) is 19.2 Å². The molecule has 0 bridgehead atoms. The Morgan fingerprint density at radius 2 is 0.786 bits per heavy atom. The molecule has 0 spiro atoms. The lowest BCUT2D eigenvalue weighted by molar-refractivity contribution is -0.179. The van der Waals surface area contributed by atoms with E-state index in [2.05, 4.69) is 0 Å². The summed E-state index contributed by atoms with van der Waals surface area (Å²) < 4.78 is 11.7. The van der Waals surface area contributed by atoms with Gasteiger partial charge in [0.2, 0.25) is 23.6 Å². The Balaban J connectivity index is 1.14. The Hall–Kier alpha value is -5.24. The van der Waals surface area contributed by atoms with Crippen LogP contribution in [0.3, 0.4) is 0 Å². The third-order valence-electron chi connectivity index (χ3n) is 8.81. The summed E-state index contributed by atoms with van der Waals surface area (Å²) in [4.78, 5) is 57.5. The summed E-state index contributed by atoms with van der Waals surface area (Å²) in [7, 11) is 0. The first-order chi connectivity index (χ1) is 20.2. The smallest absolute Gasteiger partial charge is 0.241 e. The quantitative estimate of drug-likeness (QED) is 0.271.